The first-order chi connectivity index (χ1) is 15.5. The number of ether oxygens (including phenoxy) is 2. The molecule has 0 radical (unpaired) electrons. The number of hydrogen-bond donors (Lipinski definition) is 2. The lowest BCUT2D eigenvalue weighted by molar-refractivity contribution is -0.0943. The second-order valence-electron chi connectivity index (χ2n) is 8.53. The molecule has 2 N–H and O–H groups in total. The van der Waals surface area contributed by atoms with Crippen LogP contribution in [0.4, 0.5) is 10.5 Å². The number of fused-ring (bicyclic) bond motifs is 4. The molecule has 32 heavy (non-hydrogen) atoms. The minimum Gasteiger partial charge on any atom is -0.497 e. The number of nitrogens with one attached hydrogen (secondary N) is 2. The van der Waals surface area contributed by atoms with Crippen molar-refractivity contribution in [2.45, 2.75) is 31.8 Å². The number of methoxy groups -OCH3 is 1. The fourth-order valence-electron chi connectivity index (χ4n) is 4.88. The summed E-state index contributed by atoms with van der Waals surface area (Å²) in [7, 11) is 1.68. The van der Waals surface area contributed by atoms with Crippen LogP contribution in [0.1, 0.15) is 41.4 Å². The third-order valence-electron chi connectivity index (χ3n) is 6.70. The number of Topliss-reactive ketones (excluding diaryl/α,β-unsaturated/α-hetero) is 1. The van der Waals surface area contributed by atoms with Gasteiger partial charge in [-0.05, 0) is 74.2 Å². The predicted molar refractivity (Wildman–Crippen MR) is 122 cm³/mol. The van der Waals surface area contributed by atoms with Crippen LogP contribution in [0.2, 0.25) is 0 Å². The first kappa shape index (κ1) is 20.6. The Balaban J connectivity index is 1.31. The normalized spacial score (nSPS) is 17.2. The Morgan fingerprint density at radius 2 is 1.88 bits per heavy atom. The van der Waals surface area contributed by atoms with Gasteiger partial charge in [-0.25, -0.2) is 4.79 Å². The van der Waals surface area contributed by atoms with E-state index >= 15 is 0 Å². The van der Waals surface area contributed by atoms with E-state index in [0.717, 1.165) is 36.2 Å². The van der Waals surface area contributed by atoms with Crippen molar-refractivity contribution < 1.29 is 19.1 Å². The smallest absolute Gasteiger partial charge is 0.321 e. The number of aromatic nitrogens is 1. The van der Waals surface area contributed by atoms with E-state index < -0.39 is 0 Å². The summed E-state index contributed by atoms with van der Waals surface area (Å²) >= 11 is 0. The molecule has 2 aliphatic rings. The zero-order chi connectivity index (χ0) is 22.3. The number of piperidine rings is 1. The molecule has 7 nitrogen and oxygen atoms in total. The van der Waals surface area contributed by atoms with E-state index in [4.69, 9.17) is 9.47 Å². The van der Waals surface area contributed by atoms with Crippen LogP contribution in [-0.4, -0.2) is 48.5 Å². The molecule has 1 fully saturated rings. The quantitative estimate of drug-likeness (QED) is 0.597. The number of H-pyrrole nitrogens is 1. The molecule has 0 unspecified atom stereocenters. The van der Waals surface area contributed by atoms with Gasteiger partial charge in [0.25, 0.3) is 0 Å². The van der Waals surface area contributed by atoms with Crippen LogP contribution >= 0.6 is 0 Å². The van der Waals surface area contributed by atoms with Gasteiger partial charge in [-0.1, -0.05) is 0 Å². The van der Waals surface area contributed by atoms with Gasteiger partial charge in [0.15, 0.2) is 5.78 Å². The molecule has 2 amide bonds. The maximum atomic E-state index is 12.8. The number of carbonyl (C=O) groups excluding carboxylic acids is 2. The van der Waals surface area contributed by atoms with Crippen LogP contribution in [0, 0.1) is 0 Å². The largest absolute Gasteiger partial charge is 0.497 e. The van der Waals surface area contributed by atoms with Gasteiger partial charge < -0.3 is 24.7 Å². The highest BCUT2D eigenvalue weighted by atomic mass is 16.5. The fourth-order valence-corrected chi connectivity index (χ4v) is 4.88. The standard InChI is InChI=1S/C25H27N3O4/c1-16(29)17-3-5-18(6-4-17)26-24(30)28-12-10-25(11-13-28)23-20(9-14-32-25)21-15-19(31-2)7-8-22(21)27-23/h3-8,15,27H,9-14H2,1-2H3,(H,26,30). The fraction of sp³-hybridized carbons (Fsp3) is 0.360. The SMILES string of the molecule is COc1ccc2[nH]c3c(c2c1)CCOC31CCN(C(=O)Nc2ccc(C(C)=O)cc2)CC1. The van der Waals surface area contributed by atoms with E-state index in [1.165, 1.54) is 17.9 Å². The second kappa shape index (κ2) is 7.98. The molecular weight excluding hydrogens is 406 g/mol. The van der Waals surface area contributed by atoms with Gasteiger partial charge in [-0.2, -0.15) is 0 Å². The number of nitrogens with zero attached hydrogens (tertiary/aromatic N) is 1. The lowest BCUT2D eigenvalue weighted by Gasteiger charge is -2.43. The van der Waals surface area contributed by atoms with Crippen molar-refractivity contribution in [1.29, 1.82) is 0 Å². The molecular formula is C25H27N3O4. The second-order valence-corrected chi connectivity index (χ2v) is 8.53. The topological polar surface area (TPSA) is 83.7 Å². The van der Waals surface area contributed by atoms with E-state index in [0.29, 0.717) is 30.9 Å². The van der Waals surface area contributed by atoms with Gasteiger partial charge in [-0.3, -0.25) is 4.79 Å². The number of aromatic amines is 1. The van der Waals surface area contributed by atoms with Gasteiger partial charge in [0.05, 0.1) is 19.4 Å². The van der Waals surface area contributed by atoms with Crippen molar-refractivity contribution in [2.75, 3.05) is 32.1 Å². The van der Waals surface area contributed by atoms with Crippen LogP contribution in [0.25, 0.3) is 10.9 Å². The molecule has 5 rings (SSSR count). The molecule has 2 aromatic carbocycles. The Morgan fingerprint density at radius 3 is 2.56 bits per heavy atom. The van der Waals surface area contributed by atoms with E-state index in [2.05, 4.69) is 22.4 Å². The van der Waals surface area contributed by atoms with E-state index in [1.807, 2.05) is 11.0 Å². The van der Waals surface area contributed by atoms with E-state index in [1.54, 1.807) is 31.4 Å². The van der Waals surface area contributed by atoms with Gasteiger partial charge >= 0.3 is 6.03 Å². The van der Waals surface area contributed by atoms with Crippen molar-refractivity contribution in [3.63, 3.8) is 0 Å². The molecule has 1 spiro atoms. The number of ketones is 1. The molecule has 3 heterocycles. The highest BCUT2D eigenvalue weighted by molar-refractivity contribution is 5.95. The summed E-state index contributed by atoms with van der Waals surface area (Å²) in [6.07, 6.45) is 2.34. The summed E-state index contributed by atoms with van der Waals surface area (Å²) in [5.41, 5.74) is 4.46. The number of benzene rings is 2. The minimum absolute atomic E-state index is 0.00600. The Bertz CT molecular complexity index is 1170. The molecule has 0 saturated carbocycles. The first-order valence-corrected chi connectivity index (χ1v) is 11.0. The van der Waals surface area contributed by atoms with Gasteiger partial charge in [0.2, 0.25) is 0 Å². The summed E-state index contributed by atoms with van der Waals surface area (Å²) in [6.45, 7) is 3.41. The number of rotatable bonds is 3. The summed E-state index contributed by atoms with van der Waals surface area (Å²) < 4.78 is 11.8. The minimum atomic E-state index is -0.389. The molecule has 166 valence electrons. The third kappa shape index (κ3) is 3.52. The van der Waals surface area contributed by atoms with Crippen LogP contribution in [0.15, 0.2) is 42.5 Å². The lowest BCUT2D eigenvalue weighted by atomic mass is 9.83. The van der Waals surface area contributed by atoms with E-state index in [9.17, 15) is 9.59 Å². The summed E-state index contributed by atoms with van der Waals surface area (Å²) in [6, 6.07) is 13.0. The monoisotopic (exact) mass is 433 g/mol. The zero-order valence-corrected chi connectivity index (χ0v) is 18.4. The molecule has 7 heteroatoms. The number of hydrogen-bond acceptors (Lipinski definition) is 4. The van der Waals surface area contributed by atoms with Gasteiger partial charge in [0, 0.05) is 35.2 Å². The Hall–Kier alpha value is -3.32. The molecule has 0 aliphatic carbocycles. The van der Waals surface area contributed by atoms with Crippen LogP contribution in [-0.2, 0) is 16.8 Å². The number of urea groups is 1. The summed E-state index contributed by atoms with van der Waals surface area (Å²) in [4.78, 5) is 29.7. The van der Waals surface area contributed by atoms with Crippen molar-refractivity contribution in [2.24, 2.45) is 0 Å². The average molecular weight is 434 g/mol. The third-order valence-corrected chi connectivity index (χ3v) is 6.70. The zero-order valence-electron chi connectivity index (χ0n) is 18.4. The summed E-state index contributed by atoms with van der Waals surface area (Å²) in [5, 5.41) is 4.13. The maximum Gasteiger partial charge on any atom is 0.321 e. The van der Waals surface area contributed by atoms with Crippen molar-refractivity contribution in [3.05, 3.63) is 59.3 Å². The molecule has 3 aromatic rings. The Labute approximate surface area is 186 Å². The first-order valence-electron chi connectivity index (χ1n) is 11.0. The van der Waals surface area contributed by atoms with E-state index in [-0.39, 0.29) is 17.4 Å². The number of carbonyl (C=O) groups is 2. The molecule has 2 aliphatic heterocycles. The van der Waals surface area contributed by atoms with Crippen molar-refractivity contribution in [1.82, 2.24) is 9.88 Å². The van der Waals surface area contributed by atoms with Gasteiger partial charge in [-0.15, -0.1) is 0 Å². The van der Waals surface area contributed by atoms with Gasteiger partial charge in [0.1, 0.15) is 11.4 Å². The van der Waals surface area contributed by atoms with Crippen molar-refractivity contribution >= 4 is 28.4 Å². The molecule has 1 saturated heterocycles. The molecule has 0 atom stereocenters. The Kier molecular flexibility index (Phi) is 5.13. The number of anilines is 1. The average Bonchev–Trinajstić information content (AvgIpc) is 3.19. The van der Waals surface area contributed by atoms with Crippen LogP contribution in [0.5, 0.6) is 5.75 Å². The highest BCUT2D eigenvalue weighted by Gasteiger charge is 2.43. The maximum absolute atomic E-state index is 12.8. The van der Waals surface area contributed by atoms with Crippen LogP contribution < -0.4 is 10.1 Å². The van der Waals surface area contributed by atoms with Crippen molar-refractivity contribution in [3.8, 4) is 5.75 Å². The van der Waals surface area contributed by atoms with Crippen LogP contribution in [0.3, 0.4) is 0 Å². The Morgan fingerprint density at radius 1 is 1.12 bits per heavy atom. The predicted octanol–water partition coefficient (Wildman–Crippen LogP) is 4.48. The highest BCUT2D eigenvalue weighted by Crippen LogP contribution is 2.44. The lowest BCUT2D eigenvalue weighted by Crippen LogP contribution is -2.49. The number of amides is 2. The summed E-state index contributed by atoms with van der Waals surface area (Å²) in [5.74, 6) is 0.856. The molecule has 1 aromatic heterocycles. The number of likely N-dealkylation sites (tertiary alicyclic amines) is 1. The molecule has 0 bridgehead atoms.